The topological polar surface area (TPSA) is 110 Å². The van der Waals surface area contributed by atoms with E-state index in [1.807, 2.05) is 31.5 Å². The Kier molecular flexibility index (Phi) is 8.79. The first kappa shape index (κ1) is 23.8. The van der Waals surface area contributed by atoms with Crippen molar-refractivity contribution < 1.29 is 13.2 Å². The largest absolute Gasteiger partial charge is 0.382 e. The lowest BCUT2D eigenvalue weighted by atomic mass is 10.1. The van der Waals surface area contributed by atoms with Gasteiger partial charge < -0.3 is 19.9 Å². The van der Waals surface area contributed by atoms with Crippen LogP contribution in [-0.2, 0) is 34.7 Å². The van der Waals surface area contributed by atoms with Crippen molar-refractivity contribution in [3.63, 3.8) is 0 Å². The Balaban J connectivity index is 2.07. The first-order chi connectivity index (χ1) is 14.2. The van der Waals surface area contributed by atoms with E-state index in [0.29, 0.717) is 37.2 Å². The van der Waals surface area contributed by atoms with Crippen LogP contribution in [0, 0.1) is 13.8 Å². The van der Waals surface area contributed by atoms with Crippen LogP contribution >= 0.6 is 0 Å². The Bertz CT molecular complexity index is 969. The predicted molar refractivity (Wildman–Crippen MR) is 117 cm³/mol. The SMILES string of the molecule is CCOCCCNC(=NCc1ccc(S(C)(=O)=O)c(C)c1)NCc1nnc(C)n1C. The lowest BCUT2D eigenvalue weighted by Crippen LogP contribution is -2.38. The zero-order valence-corrected chi connectivity index (χ0v) is 19.2. The third-order valence-electron chi connectivity index (χ3n) is 4.62. The Morgan fingerprint density at radius 3 is 2.60 bits per heavy atom. The highest BCUT2D eigenvalue weighted by Crippen LogP contribution is 2.17. The number of benzene rings is 1. The third kappa shape index (κ3) is 7.10. The molecule has 0 atom stereocenters. The summed E-state index contributed by atoms with van der Waals surface area (Å²) in [6.45, 7) is 8.69. The number of aliphatic imine (C=N–C) groups is 1. The molecule has 0 saturated carbocycles. The summed E-state index contributed by atoms with van der Waals surface area (Å²) in [6.07, 6.45) is 2.08. The Labute approximate surface area is 178 Å². The fourth-order valence-corrected chi connectivity index (χ4v) is 3.82. The van der Waals surface area contributed by atoms with Crippen molar-refractivity contribution in [3.05, 3.63) is 41.0 Å². The summed E-state index contributed by atoms with van der Waals surface area (Å²) >= 11 is 0. The van der Waals surface area contributed by atoms with E-state index in [2.05, 4.69) is 25.8 Å². The Morgan fingerprint density at radius 1 is 1.23 bits per heavy atom. The zero-order chi connectivity index (χ0) is 22.1. The van der Waals surface area contributed by atoms with Crippen molar-refractivity contribution in [1.29, 1.82) is 0 Å². The second kappa shape index (κ2) is 11.1. The number of nitrogens with zero attached hydrogens (tertiary/aromatic N) is 4. The molecule has 0 radical (unpaired) electrons. The van der Waals surface area contributed by atoms with Crippen molar-refractivity contribution in [2.75, 3.05) is 26.0 Å². The smallest absolute Gasteiger partial charge is 0.191 e. The molecule has 1 aromatic heterocycles. The normalized spacial score (nSPS) is 12.2. The molecule has 2 rings (SSSR count). The van der Waals surface area contributed by atoms with Crippen molar-refractivity contribution in [2.45, 2.75) is 45.2 Å². The average molecular weight is 437 g/mol. The molecule has 0 aliphatic carbocycles. The number of rotatable bonds is 10. The summed E-state index contributed by atoms with van der Waals surface area (Å²) in [7, 11) is -1.31. The van der Waals surface area contributed by atoms with Gasteiger partial charge in [-0.2, -0.15) is 0 Å². The van der Waals surface area contributed by atoms with Crippen LogP contribution in [0.5, 0.6) is 0 Å². The van der Waals surface area contributed by atoms with E-state index in [1.54, 1.807) is 19.1 Å². The maximum Gasteiger partial charge on any atom is 0.191 e. The molecule has 0 amide bonds. The maximum atomic E-state index is 11.8. The number of hydrogen-bond donors (Lipinski definition) is 2. The first-order valence-corrected chi connectivity index (χ1v) is 11.9. The molecule has 2 aromatic rings. The van der Waals surface area contributed by atoms with Crippen LogP contribution in [0.15, 0.2) is 28.1 Å². The van der Waals surface area contributed by atoms with Crippen molar-refractivity contribution >= 4 is 15.8 Å². The molecule has 10 heteroatoms. The van der Waals surface area contributed by atoms with Crippen LogP contribution < -0.4 is 10.6 Å². The number of aryl methyl sites for hydroxylation is 2. The van der Waals surface area contributed by atoms with Gasteiger partial charge in [-0.05, 0) is 44.4 Å². The standard InChI is InChI=1S/C20H32N6O3S/c1-6-29-11-7-10-21-20(23-14-19-25-24-16(3)26(19)4)22-13-17-8-9-18(15(2)12-17)30(5,27)28/h8-9,12H,6-7,10-11,13-14H2,1-5H3,(H2,21,22,23). The van der Waals surface area contributed by atoms with Crippen molar-refractivity contribution in [3.8, 4) is 0 Å². The molecule has 0 aliphatic heterocycles. The second-order valence-electron chi connectivity index (χ2n) is 7.09. The fourth-order valence-electron chi connectivity index (χ4n) is 2.86. The van der Waals surface area contributed by atoms with Gasteiger partial charge in [-0.3, -0.25) is 0 Å². The molecule has 0 fully saturated rings. The van der Waals surface area contributed by atoms with Gasteiger partial charge in [0.1, 0.15) is 5.82 Å². The zero-order valence-electron chi connectivity index (χ0n) is 18.4. The van der Waals surface area contributed by atoms with E-state index < -0.39 is 9.84 Å². The van der Waals surface area contributed by atoms with E-state index in [1.165, 1.54) is 6.26 Å². The van der Waals surface area contributed by atoms with Crippen molar-refractivity contribution in [1.82, 2.24) is 25.4 Å². The number of nitrogens with one attached hydrogen (secondary N) is 2. The summed E-state index contributed by atoms with van der Waals surface area (Å²) in [5.41, 5.74) is 1.66. The maximum absolute atomic E-state index is 11.8. The van der Waals surface area contributed by atoms with Gasteiger partial charge in [0.25, 0.3) is 0 Å². The predicted octanol–water partition coefficient (Wildman–Crippen LogP) is 1.50. The lowest BCUT2D eigenvalue weighted by molar-refractivity contribution is 0.145. The number of ether oxygens (including phenoxy) is 1. The van der Waals surface area contributed by atoms with E-state index >= 15 is 0 Å². The molecule has 1 heterocycles. The Morgan fingerprint density at radius 2 is 2.00 bits per heavy atom. The molecule has 30 heavy (non-hydrogen) atoms. The van der Waals surface area contributed by atoms with Crippen LogP contribution in [-0.4, -0.2) is 55.2 Å². The first-order valence-electron chi connectivity index (χ1n) is 9.96. The van der Waals surface area contributed by atoms with Gasteiger partial charge in [0, 0.05) is 33.1 Å². The van der Waals surface area contributed by atoms with Gasteiger partial charge in [-0.1, -0.05) is 12.1 Å². The summed E-state index contributed by atoms with van der Waals surface area (Å²) in [5, 5.41) is 14.8. The van der Waals surface area contributed by atoms with E-state index in [4.69, 9.17) is 4.74 Å². The summed E-state index contributed by atoms with van der Waals surface area (Å²) in [5.74, 6) is 2.30. The highest BCUT2D eigenvalue weighted by atomic mass is 32.2. The fraction of sp³-hybridized carbons (Fsp3) is 0.550. The lowest BCUT2D eigenvalue weighted by Gasteiger charge is -2.13. The van der Waals surface area contributed by atoms with E-state index in [-0.39, 0.29) is 0 Å². The second-order valence-corrected chi connectivity index (χ2v) is 9.07. The summed E-state index contributed by atoms with van der Waals surface area (Å²) in [6, 6.07) is 5.30. The summed E-state index contributed by atoms with van der Waals surface area (Å²) < 4.78 is 30.9. The Hall–Kier alpha value is -2.46. The van der Waals surface area contributed by atoms with Crippen molar-refractivity contribution in [2.24, 2.45) is 12.0 Å². The average Bonchev–Trinajstić information content (AvgIpc) is 3.00. The molecular formula is C20H32N6O3S. The van der Waals surface area contributed by atoms with Crippen LogP contribution in [0.25, 0.3) is 0 Å². The third-order valence-corrected chi connectivity index (χ3v) is 5.87. The van der Waals surface area contributed by atoms with Gasteiger partial charge in [-0.25, -0.2) is 13.4 Å². The number of hydrogen-bond acceptors (Lipinski definition) is 6. The molecule has 0 aliphatic rings. The van der Waals surface area contributed by atoms with Crippen LogP contribution in [0.1, 0.15) is 36.1 Å². The molecule has 9 nitrogen and oxygen atoms in total. The minimum Gasteiger partial charge on any atom is -0.382 e. The van der Waals surface area contributed by atoms with Gasteiger partial charge in [-0.15, -0.1) is 10.2 Å². The number of sulfone groups is 1. The highest BCUT2D eigenvalue weighted by molar-refractivity contribution is 7.90. The molecule has 2 N–H and O–H groups in total. The van der Waals surface area contributed by atoms with Gasteiger partial charge in [0.15, 0.2) is 21.6 Å². The van der Waals surface area contributed by atoms with Gasteiger partial charge in [0.05, 0.1) is 18.0 Å². The van der Waals surface area contributed by atoms with Gasteiger partial charge in [0.2, 0.25) is 0 Å². The van der Waals surface area contributed by atoms with Crippen LogP contribution in [0.4, 0.5) is 0 Å². The number of guanidine groups is 1. The van der Waals surface area contributed by atoms with Gasteiger partial charge >= 0.3 is 0 Å². The molecular weight excluding hydrogens is 404 g/mol. The molecule has 0 bridgehead atoms. The van der Waals surface area contributed by atoms with E-state index in [9.17, 15) is 8.42 Å². The number of aromatic nitrogens is 3. The highest BCUT2D eigenvalue weighted by Gasteiger charge is 2.11. The molecule has 0 spiro atoms. The minimum absolute atomic E-state index is 0.347. The minimum atomic E-state index is -3.23. The van der Waals surface area contributed by atoms with Crippen LogP contribution in [0.3, 0.4) is 0 Å². The monoisotopic (exact) mass is 436 g/mol. The summed E-state index contributed by atoms with van der Waals surface area (Å²) in [4.78, 5) is 4.99. The molecule has 0 unspecified atom stereocenters. The molecule has 166 valence electrons. The molecule has 1 aromatic carbocycles. The molecule has 0 saturated heterocycles. The van der Waals surface area contributed by atoms with Crippen LogP contribution in [0.2, 0.25) is 0 Å². The quantitative estimate of drug-likeness (QED) is 0.330. The van der Waals surface area contributed by atoms with E-state index in [0.717, 1.165) is 35.7 Å².